The van der Waals surface area contributed by atoms with Crippen LogP contribution in [-0.4, -0.2) is 31.7 Å². The first-order chi connectivity index (χ1) is 5.24. The first kappa shape index (κ1) is 8.97. The standard InChI is InChI=1S/C8H19N3/c1-11(2)10-8-5-3-4-7(8)6-9/h7-8,10H,3-6,9H2,1-2H3. The lowest BCUT2D eigenvalue weighted by Crippen LogP contribution is -2.43. The molecule has 3 heteroatoms. The van der Waals surface area contributed by atoms with Gasteiger partial charge in [-0.2, -0.15) is 0 Å². The first-order valence-corrected chi connectivity index (χ1v) is 4.37. The summed E-state index contributed by atoms with van der Waals surface area (Å²) in [6, 6.07) is 0.620. The quantitative estimate of drug-likeness (QED) is 0.574. The zero-order valence-corrected chi connectivity index (χ0v) is 7.51. The van der Waals surface area contributed by atoms with Crippen molar-refractivity contribution in [1.82, 2.24) is 10.4 Å². The summed E-state index contributed by atoms with van der Waals surface area (Å²) in [6.07, 6.45) is 3.90. The van der Waals surface area contributed by atoms with Crippen molar-refractivity contribution in [2.75, 3.05) is 20.6 Å². The molecule has 2 atom stereocenters. The largest absolute Gasteiger partial charge is 0.330 e. The summed E-state index contributed by atoms with van der Waals surface area (Å²) >= 11 is 0. The molecular weight excluding hydrogens is 138 g/mol. The van der Waals surface area contributed by atoms with Crippen LogP contribution in [0, 0.1) is 5.92 Å². The second-order valence-corrected chi connectivity index (χ2v) is 3.56. The van der Waals surface area contributed by atoms with Crippen molar-refractivity contribution in [1.29, 1.82) is 0 Å². The molecule has 11 heavy (non-hydrogen) atoms. The first-order valence-electron chi connectivity index (χ1n) is 4.37. The highest BCUT2D eigenvalue weighted by molar-refractivity contribution is 4.82. The van der Waals surface area contributed by atoms with E-state index in [2.05, 4.69) is 5.43 Å². The van der Waals surface area contributed by atoms with Crippen LogP contribution in [0.5, 0.6) is 0 Å². The Labute approximate surface area is 68.9 Å². The van der Waals surface area contributed by atoms with Crippen LogP contribution < -0.4 is 11.2 Å². The lowest BCUT2D eigenvalue weighted by molar-refractivity contribution is 0.214. The van der Waals surface area contributed by atoms with Crippen molar-refractivity contribution < 1.29 is 0 Å². The van der Waals surface area contributed by atoms with E-state index in [9.17, 15) is 0 Å². The normalized spacial score (nSPS) is 31.6. The lowest BCUT2D eigenvalue weighted by Gasteiger charge is -2.23. The van der Waals surface area contributed by atoms with Gasteiger partial charge in [0.15, 0.2) is 0 Å². The maximum absolute atomic E-state index is 5.64. The molecule has 3 nitrogen and oxygen atoms in total. The average molecular weight is 157 g/mol. The third-order valence-corrected chi connectivity index (χ3v) is 2.39. The zero-order valence-electron chi connectivity index (χ0n) is 7.51. The smallest absolute Gasteiger partial charge is 0.0255 e. The fourth-order valence-electron chi connectivity index (χ4n) is 1.82. The Balaban J connectivity index is 2.31. The van der Waals surface area contributed by atoms with Crippen LogP contribution in [-0.2, 0) is 0 Å². The number of rotatable bonds is 3. The van der Waals surface area contributed by atoms with Gasteiger partial charge in [0, 0.05) is 20.1 Å². The molecule has 3 N–H and O–H groups in total. The highest BCUT2D eigenvalue weighted by Gasteiger charge is 2.25. The Kier molecular flexibility index (Phi) is 3.30. The molecule has 0 radical (unpaired) electrons. The summed E-state index contributed by atoms with van der Waals surface area (Å²) in [5.41, 5.74) is 9.04. The van der Waals surface area contributed by atoms with Crippen molar-refractivity contribution in [2.45, 2.75) is 25.3 Å². The van der Waals surface area contributed by atoms with E-state index in [4.69, 9.17) is 5.73 Å². The summed E-state index contributed by atoms with van der Waals surface area (Å²) in [7, 11) is 4.07. The van der Waals surface area contributed by atoms with E-state index in [1.807, 2.05) is 19.1 Å². The second-order valence-electron chi connectivity index (χ2n) is 3.56. The van der Waals surface area contributed by atoms with Crippen molar-refractivity contribution in [3.05, 3.63) is 0 Å². The summed E-state index contributed by atoms with van der Waals surface area (Å²) in [5.74, 6) is 0.692. The molecule has 1 aliphatic carbocycles. The Morgan fingerprint density at radius 1 is 1.45 bits per heavy atom. The zero-order chi connectivity index (χ0) is 8.27. The third kappa shape index (κ3) is 2.43. The van der Waals surface area contributed by atoms with Gasteiger partial charge in [-0.05, 0) is 25.3 Å². The summed E-state index contributed by atoms with van der Waals surface area (Å²) in [5, 5.41) is 2.03. The molecule has 0 aromatic rings. The van der Waals surface area contributed by atoms with Gasteiger partial charge < -0.3 is 5.73 Å². The fourth-order valence-corrected chi connectivity index (χ4v) is 1.82. The number of nitrogens with two attached hydrogens (primary N) is 1. The molecule has 0 spiro atoms. The van der Waals surface area contributed by atoms with Crippen molar-refractivity contribution in [3.8, 4) is 0 Å². The van der Waals surface area contributed by atoms with Crippen molar-refractivity contribution in [2.24, 2.45) is 11.7 Å². The highest BCUT2D eigenvalue weighted by Crippen LogP contribution is 2.24. The topological polar surface area (TPSA) is 41.3 Å². The minimum absolute atomic E-state index is 0.620. The predicted octanol–water partition coefficient (Wildman–Crippen LogP) is 0.180. The third-order valence-electron chi connectivity index (χ3n) is 2.39. The molecule has 66 valence electrons. The monoisotopic (exact) mass is 157 g/mol. The Bertz CT molecular complexity index is 114. The molecule has 2 unspecified atom stereocenters. The van der Waals surface area contributed by atoms with E-state index >= 15 is 0 Å². The average Bonchev–Trinajstić information content (AvgIpc) is 2.34. The summed E-state index contributed by atoms with van der Waals surface area (Å²) < 4.78 is 0. The molecule has 1 aliphatic rings. The van der Waals surface area contributed by atoms with Crippen LogP contribution >= 0.6 is 0 Å². The maximum atomic E-state index is 5.64. The Morgan fingerprint density at radius 2 is 2.18 bits per heavy atom. The molecule has 1 rings (SSSR count). The van der Waals surface area contributed by atoms with E-state index in [1.165, 1.54) is 19.3 Å². The van der Waals surface area contributed by atoms with E-state index in [-0.39, 0.29) is 0 Å². The van der Waals surface area contributed by atoms with Crippen LogP contribution in [0.4, 0.5) is 0 Å². The molecule has 0 aromatic carbocycles. The van der Waals surface area contributed by atoms with Gasteiger partial charge >= 0.3 is 0 Å². The number of hydrazine groups is 1. The van der Waals surface area contributed by atoms with Gasteiger partial charge in [0.25, 0.3) is 0 Å². The van der Waals surface area contributed by atoms with Crippen LogP contribution in [0.2, 0.25) is 0 Å². The van der Waals surface area contributed by atoms with Gasteiger partial charge in [-0.1, -0.05) is 6.42 Å². The van der Waals surface area contributed by atoms with Gasteiger partial charge in [-0.25, -0.2) is 0 Å². The molecular formula is C8H19N3. The Morgan fingerprint density at radius 3 is 2.73 bits per heavy atom. The van der Waals surface area contributed by atoms with Crippen LogP contribution in [0.1, 0.15) is 19.3 Å². The number of hydrogen-bond acceptors (Lipinski definition) is 3. The summed E-state index contributed by atoms with van der Waals surface area (Å²) in [6.45, 7) is 0.825. The number of nitrogens with one attached hydrogen (secondary N) is 1. The van der Waals surface area contributed by atoms with E-state index < -0.39 is 0 Å². The minimum atomic E-state index is 0.620. The molecule has 0 aromatic heterocycles. The van der Waals surface area contributed by atoms with Crippen molar-refractivity contribution in [3.63, 3.8) is 0 Å². The molecule has 0 heterocycles. The molecule has 0 aliphatic heterocycles. The number of nitrogens with zero attached hydrogens (tertiary/aromatic N) is 1. The van der Waals surface area contributed by atoms with Crippen LogP contribution in [0.3, 0.4) is 0 Å². The molecule has 1 fully saturated rings. The fraction of sp³-hybridized carbons (Fsp3) is 1.00. The lowest BCUT2D eigenvalue weighted by atomic mass is 10.1. The van der Waals surface area contributed by atoms with Crippen LogP contribution in [0.15, 0.2) is 0 Å². The van der Waals surface area contributed by atoms with Crippen LogP contribution in [0.25, 0.3) is 0 Å². The molecule has 0 amide bonds. The van der Waals surface area contributed by atoms with Gasteiger partial charge in [0.1, 0.15) is 0 Å². The minimum Gasteiger partial charge on any atom is -0.330 e. The SMILES string of the molecule is CN(C)NC1CCCC1CN. The molecule has 0 bridgehead atoms. The molecule has 1 saturated carbocycles. The number of hydrogen-bond donors (Lipinski definition) is 2. The Hall–Kier alpha value is -0.120. The second kappa shape index (κ2) is 4.04. The van der Waals surface area contributed by atoms with E-state index in [1.54, 1.807) is 0 Å². The molecule has 0 saturated heterocycles. The predicted molar refractivity (Wildman–Crippen MR) is 47.0 cm³/mol. The highest BCUT2D eigenvalue weighted by atomic mass is 15.5. The summed E-state index contributed by atoms with van der Waals surface area (Å²) in [4.78, 5) is 0. The van der Waals surface area contributed by atoms with Gasteiger partial charge in [-0.15, -0.1) is 0 Å². The van der Waals surface area contributed by atoms with Gasteiger partial charge in [0.2, 0.25) is 0 Å². The van der Waals surface area contributed by atoms with E-state index in [0.717, 1.165) is 6.54 Å². The van der Waals surface area contributed by atoms with E-state index in [0.29, 0.717) is 12.0 Å². The van der Waals surface area contributed by atoms with Crippen molar-refractivity contribution >= 4 is 0 Å². The maximum Gasteiger partial charge on any atom is 0.0255 e. The van der Waals surface area contributed by atoms with Gasteiger partial charge in [-0.3, -0.25) is 10.4 Å². The van der Waals surface area contributed by atoms with Gasteiger partial charge in [0.05, 0.1) is 0 Å².